The topological polar surface area (TPSA) is 91.8 Å². The summed E-state index contributed by atoms with van der Waals surface area (Å²) < 4.78 is 22.4. The average Bonchev–Trinajstić information content (AvgIpc) is 2.88. The SMILES string of the molecule is COc1cc2ncnc(Oc3ccc(NC(=O)OC(c4ccccc4)C(C)C)cc3)c2cc1OC. The van der Waals surface area contributed by atoms with Crippen molar-refractivity contribution in [3.63, 3.8) is 0 Å². The number of hydrogen-bond acceptors (Lipinski definition) is 7. The van der Waals surface area contributed by atoms with Crippen LogP contribution >= 0.6 is 0 Å². The van der Waals surface area contributed by atoms with Crippen molar-refractivity contribution in [2.24, 2.45) is 5.92 Å². The first-order valence-electron chi connectivity index (χ1n) is 11.2. The number of carbonyl (C=O) groups excluding carboxylic acids is 1. The normalized spacial score (nSPS) is 11.7. The monoisotopic (exact) mass is 473 g/mol. The Bertz CT molecular complexity index is 1290. The number of benzene rings is 3. The summed E-state index contributed by atoms with van der Waals surface area (Å²) >= 11 is 0. The van der Waals surface area contributed by atoms with E-state index in [1.165, 1.54) is 6.33 Å². The van der Waals surface area contributed by atoms with Crippen LogP contribution in [0.3, 0.4) is 0 Å². The number of carbonyl (C=O) groups is 1. The summed E-state index contributed by atoms with van der Waals surface area (Å²) in [6.45, 7) is 4.03. The molecule has 0 bridgehead atoms. The van der Waals surface area contributed by atoms with Gasteiger partial charge >= 0.3 is 6.09 Å². The number of ether oxygens (including phenoxy) is 4. The first-order valence-corrected chi connectivity index (χ1v) is 11.2. The van der Waals surface area contributed by atoms with Crippen LogP contribution in [0.2, 0.25) is 0 Å². The molecule has 0 aliphatic rings. The van der Waals surface area contributed by atoms with E-state index in [1.54, 1.807) is 50.6 Å². The molecule has 1 heterocycles. The van der Waals surface area contributed by atoms with Gasteiger partial charge in [-0.1, -0.05) is 44.2 Å². The highest BCUT2D eigenvalue weighted by Crippen LogP contribution is 2.36. The van der Waals surface area contributed by atoms with Gasteiger partial charge in [0.15, 0.2) is 11.5 Å². The quantitative estimate of drug-likeness (QED) is 0.317. The van der Waals surface area contributed by atoms with Gasteiger partial charge in [0.1, 0.15) is 18.2 Å². The van der Waals surface area contributed by atoms with Crippen molar-refractivity contribution in [2.45, 2.75) is 20.0 Å². The first-order chi connectivity index (χ1) is 17.0. The first kappa shape index (κ1) is 23.8. The predicted octanol–water partition coefficient (Wildman–Crippen LogP) is 6.39. The fourth-order valence-corrected chi connectivity index (χ4v) is 3.65. The highest BCUT2D eigenvalue weighted by atomic mass is 16.6. The summed E-state index contributed by atoms with van der Waals surface area (Å²) in [5.74, 6) is 2.16. The highest BCUT2D eigenvalue weighted by molar-refractivity contribution is 5.87. The van der Waals surface area contributed by atoms with Crippen molar-refractivity contribution in [1.29, 1.82) is 0 Å². The molecular formula is C27H27N3O5. The van der Waals surface area contributed by atoms with E-state index in [4.69, 9.17) is 18.9 Å². The third-order valence-electron chi connectivity index (χ3n) is 5.39. The Morgan fingerprint density at radius 3 is 2.23 bits per heavy atom. The Balaban J connectivity index is 1.46. The molecule has 0 fully saturated rings. The van der Waals surface area contributed by atoms with E-state index in [2.05, 4.69) is 15.3 Å². The van der Waals surface area contributed by atoms with Crippen LogP contribution < -0.4 is 19.5 Å². The van der Waals surface area contributed by atoms with Crippen LogP contribution in [-0.4, -0.2) is 30.3 Å². The van der Waals surface area contributed by atoms with Crippen molar-refractivity contribution in [2.75, 3.05) is 19.5 Å². The lowest BCUT2D eigenvalue weighted by Gasteiger charge is -2.22. The maximum atomic E-state index is 12.5. The second kappa shape index (κ2) is 10.7. The lowest BCUT2D eigenvalue weighted by Crippen LogP contribution is -2.20. The van der Waals surface area contributed by atoms with Gasteiger partial charge in [-0.25, -0.2) is 14.8 Å². The largest absolute Gasteiger partial charge is 0.493 e. The number of anilines is 1. The maximum absolute atomic E-state index is 12.5. The number of rotatable bonds is 8. The lowest BCUT2D eigenvalue weighted by molar-refractivity contribution is 0.0821. The zero-order valence-electron chi connectivity index (χ0n) is 20.0. The molecule has 0 saturated carbocycles. The number of nitrogens with one attached hydrogen (secondary N) is 1. The average molecular weight is 474 g/mol. The van der Waals surface area contributed by atoms with Crippen LogP contribution in [0.1, 0.15) is 25.5 Å². The minimum Gasteiger partial charge on any atom is -0.493 e. The molecule has 0 spiro atoms. The van der Waals surface area contributed by atoms with Crippen LogP contribution in [0.25, 0.3) is 10.9 Å². The summed E-state index contributed by atoms with van der Waals surface area (Å²) in [6, 6.07) is 20.2. The molecule has 8 nitrogen and oxygen atoms in total. The van der Waals surface area contributed by atoms with E-state index in [0.717, 1.165) is 5.56 Å². The minimum atomic E-state index is -0.524. The molecule has 0 aliphatic carbocycles. The molecule has 1 unspecified atom stereocenters. The molecule has 4 aromatic rings. The third-order valence-corrected chi connectivity index (χ3v) is 5.39. The molecule has 0 radical (unpaired) electrons. The Kier molecular flexibility index (Phi) is 7.30. The van der Waals surface area contributed by atoms with Gasteiger partial charge in [-0.3, -0.25) is 5.32 Å². The van der Waals surface area contributed by atoms with Gasteiger partial charge in [-0.05, 0) is 41.8 Å². The second-order valence-corrected chi connectivity index (χ2v) is 8.14. The van der Waals surface area contributed by atoms with Crippen molar-refractivity contribution in [3.05, 3.63) is 78.6 Å². The van der Waals surface area contributed by atoms with Gasteiger partial charge in [0.05, 0.1) is 25.1 Å². The van der Waals surface area contributed by atoms with Crippen molar-refractivity contribution in [1.82, 2.24) is 9.97 Å². The number of fused-ring (bicyclic) bond motifs is 1. The predicted molar refractivity (Wildman–Crippen MR) is 133 cm³/mol. The van der Waals surface area contributed by atoms with Gasteiger partial charge in [-0.2, -0.15) is 0 Å². The van der Waals surface area contributed by atoms with Crippen molar-refractivity contribution < 1.29 is 23.7 Å². The van der Waals surface area contributed by atoms with E-state index in [1.807, 2.05) is 44.2 Å². The molecule has 1 N–H and O–H groups in total. The second-order valence-electron chi connectivity index (χ2n) is 8.14. The third kappa shape index (κ3) is 5.60. The van der Waals surface area contributed by atoms with Crippen LogP contribution in [0, 0.1) is 5.92 Å². The molecule has 1 atom stereocenters. The molecule has 0 aliphatic heterocycles. The summed E-state index contributed by atoms with van der Waals surface area (Å²) in [7, 11) is 3.13. The van der Waals surface area contributed by atoms with Crippen LogP contribution in [-0.2, 0) is 4.74 Å². The molecule has 1 amide bonds. The Morgan fingerprint density at radius 1 is 0.886 bits per heavy atom. The Hall–Kier alpha value is -4.33. The minimum absolute atomic E-state index is 0.125. The molecule has 1 aromatic heterocycles. The van der Waals surface area contributed by atoms with Crippen molar-refractivity contribution >= 4 is 22.7 Å². The van der Waals surface area contributed by atoms with Gasteiger partial charge in [0.25, 0.3) is 0 Å². The van der Waals surface area contributed by atoms with E-state index in [0.29, 0.717) is 39.7 Å². The summed E-state index contributed by atoms with van der Waals surface area (Å²) in [5.41, 5.74) is 2.19. The molecule has 0 saturated heterocycles. The van der Waals surface area contributed by atoms with E-state index < -0.39 is 6.09 Å². The van der Waals surface area contributed by atoms with Gasteiger partial charge in [-0.15, -0.1) is 0 Å². The van der Waals surface area contributed by atoms with Gasteiger partial charge in [0, 0.05) is 11.8 Å². The standard InChI is InChI=1S/C27H27N3O5/c1-17(2)25(18-8-6-5-7-9-18)35-27(31)30-19-10-12-20(13-11-19)34-26-21-14-23(32-3)24(33-4)15-22(21)28-16-29-26/h5-17,25H,1-4H3,(H,30,31). The molecule has 180 valence electrons. The Labute approximate surface area is 203 Å². The zero-order chi connectivity index (χ0) is 24.8. The lowest BCUT2D eigenvalue weighted by atomic mass is 9.99. The van der Waals surface area contributed by atoms with E-state index in [9.17, 15) is 4.79 Å². The fraction of sp³-hybridized carbons (Fsp3) is 0.222. The zero-order valence-corrected chi connectivity index (χ0v) is 20.0. The van der Waals surface area contributed by atoms with E-state index in [-0.39, 0.29) is 12.0 Å². The molecular weight excluding hydrogens is 446 g/mol. The van der Waals surface area contributed by atoms with E-state index >= 15 is 0 Å². The van der Waals surface area contributed by atoms with Gasteiger partial charge in [0.2, 0.25) is 5.88 Å². The fourth-order valence-electron chi connectivity index (χ4n) is 3.65. The number of aromatic nitrogens is 2. The number of hydrogen-bond donors (Lipinski definition) is 1. The number of methoxy groups -OCH3 is 2. The van der Waals surface area contributed by atoms with Crippen molar-refractivity contribution in [3.8, 4) is 23.1 Å². The van der Waals surface area contributed by atoms with Crippen LogP contribution in [0.5, 0.6) is 23.1 Å². The highest BCUT2D eigenvalue weighted by Gasteiger charge is 2.20. The molecule has 4 rings (SSSR count). The van der Waals surface area contributed by atoms with Crippen LogP contribution in [0.4, 0.5) is 10.5 Å². The van der Waals surface area contributed by atoms with Crippen LogP contribution in [0.15, 0.2) is 73.1 Å². The Morgan fingerprint density at radius 2 is 1.57 bits per heavy atom. The molecule has 3 aromatic carbocycles. The van der Waals surface area contributed by atoms with Gasteiger partial charge < -0.3 is 18.9 Å². The molecule has 8 heteroatoms. The molecule has 35 heavy (non-hydrogen) atoms. The summed E-state index contributed by atoms with van der Waals surface area (Å²) in [6.07, 6.45) is 0.553. The number of amides is 1. The maximum Gasteiger partial charge on any atom is 0.412 e. The summed E-state index contributed by atoms with van der Waals surface area (Å²) in [4.78, 5) is 21.1. The smallest absolute Gasteiger partial charge is 0.412 e. The number of nitrogens with zero attached hydrogens (tertiary/aromatic N) is 2. The summed E-state index contributed by atoms with van der Waals surface area (Å²) in [5, 5.41) is 3.45.